The monoisotopic (exact) mass is 381 g/mol. The van der Waals surface area contributed by atoms with E-state index < -0.39 is 0 Å². The van der Waals surface area contributed by atoms with Crippen molar-refractivity contribution in [1.82, 2.24) is 20.1 Å². The van der Waals surface area contributed by atoms with Crippen molar-refractivity contribution < 1.29 is 5.11 Å². The van der Waals surface area contributed by atoms with Gasteiger partial charge in [0, 0.05) is 30.8 Å². The Balaban J connectivity index is 1.36. The van der Waals surface area contributed by atoms with Gasteiger partial charge in [0.15, 0.2) is 5.13 Å². The predicted octanol–water partition coefficient (Wildman–Crippen LogP) is 3.52. The molecule has 27 heavy (non-hydrogen) atoms. The van der Waals surface area contributed by atoms with Crippen LogP contribution in [0.2, 0.25) is 0 Å². The van der Waals surface area contributed by atoms with Crippen LogP contribution in [0.15, 0.2) is 30.3 Å². The molecule has 1 unspecified atom stereocenters. The highest BCUT2D eigenvalue weighted by Gasteiger charge is 2.29. The van der Waals surface area contributed by atoms with Gasteiger partial charge >= 0.3 is 0 Å². The Morgan fingerprint density at radius 1 is 1.00 bits per heavy atom. The van der Waals surface area contributed by atoms with Gasteiger partial charge in [0.2, 0.25) is 5.88 Å². The topological polar surface area (TPSA) is 65.4 Å². The van der Waals surface area contributed by atoms with Crippen molar-refractivity contribution >= 4 is 26.7 Å². The van der Waals surface area contributed by atoms with Gasteiger partial charge < -0.3 is 10.0 Å². The third-order valence-corrected chi connectivity index (χ3v) is 6.74. The van der Waals surface area contributed by atoms with Crippen LogP contribution in [0.5, 0.6) is 5.88 Å². The molecule has 1 aromatic carbocycles. The molecule has 3 aromatic rings. The summed E-state index contributed by atoms with van der Waals surface area (Å²) in [5.74, 6) is -0.0582. The van der Waals surface area contributed by atoms with Crippen molar-refractivity contribution in [2.75, 3.05) is 31.1 Å². The summed E-state index contributed by atoms with van der Waals surface area (Å²) < 4.78 is 1.17. The molecule has 0 spiro atoms. The molecule has 140 valence electrons. The molecule has 2 aliphatic heterocycles. The molecule has 0 amide bonds. The lowest BCUT2D eigenvalue weighted by atomic mass is 10.1. The van der Waals surface area contributed by atoms with Crippen molar-refractivity contribution in [1.29, 1.82) is 0 Å². The first-order valence-electron chi connectivity index (χ1n) is 9.69. The summed E-state index contributed by atoms with van der Waals surface area (Å²) in [6, 6.07) is 10.2. The average Bonchev–Trinajstić information content (AvgIpc) is 3.36. The van der Waals surface area contributed by atoms with Crippen LogP contribution in [-0.2, 0) is 0 Å². The summed E-state index contributed by atoms with van der Waals surface area (Å²) in [6.07, 6.45) is 5.32. The van der Waals surface area contributed by atoms with Gasteiger partial charge in [-0.2, -0.15) is 0 Å². The summed E-state index contributed by atoms with van der Waals surface area (Å²) >= 11 is 1.75. The molecule has 5 rings (SSSR count). The Labute approximate surface area is 162 Å². The van der Waals surface area contributed by atoms with Gasteiger partial charge in [0.05, 0.1) is 15.9 Å². The number of anilines is 1. The predicted molar refractivity (Wildman–Crippen MR) is 108 cm³/mol. The highest BCUT2D eigenvalue weighted by atomic mass is 32.1. The molecule has 1 N–H and O–H groups in total. The van der Waals surface area contributed by atoms with E-state index in [1.165, 1.54) is 43.5 Å². The number of aromatic hydroxyl groups is 1. The summed E-state index contributed by atoms with van der Waals surface area (Å²) in [5.41, 5.74) is 2.79. The van der Waals surface area contributed by atoms with Crippen molar-refractivity contribution in [3.63, 3.8) is 0 Å². The van der Waals surface area contributed by atoms with Crippen LogP contribution in [0, 0.1) is 0 Å². The van der Waals surface area contributed by atoms with E-state index in [2.05, 4.69) is 32.1 Å². The molecule has 7 heteroatoms. The van der Waals surface area contributed by atoms with Gasteiger partial charge in [0.1, 0.15) is 0 Å². The van der Waals surface area contributed by atoms with Gasteiger partial charge in [-0.25, -0.2) is 4.98 Å². The number of nitrogens with zero attached hydrogens (tertiary/aromatic N) is 5. The maximum atomic E-state index is 9.32. The molecular weight excluding hydrogens is 358 g/mol. The van der Waals surface area contributed by atoms with Gasteiger partial charge in [0.25, 0.3) is 0 Å². The minimum atomic E-state index is -0.0582. The van der Waals surface area contributed by atoms with E-state index in [9.17, 15) is 5.11 Å². The van der Waals surface area contributed by atoms with E-state index in [1.54, 1.807) is 23.5 Å². The molecule has 0 saturated carbocycles. The molecule has 6 nitrogen and oxygen atoms in total. The molecule has 0 aliphatic carbocycles. The minimum Gasteiger partial charge on any atom is -0.492 e. The molecule has 1 atom stereocenters. The van der Waals surface area contributed by atoms with Crippen LogP contribution in [0.1, 0.15) is 25.7 Å². The first-order valence-corrected chi connectivity index (χ1v) is 10.5. The average molecular weight is 382 g/mol. The zero-order chi connectivity index (χ0) is 18.2. The fraction of sp³-hybridized carbons (Fsp3) is 0.450. The van der Waals surface area contributed by atoms with Crippen molar-refractivity contribution in [2.45, 2.75) is 31.7 Å². The number of hydrogen-bond donors (Lipinski definition) is 1. The van der Waals surface area contributed by atoms with Gasteiger partial charge in [-0.05, 0) is 50.6 Å². The van der Waals surface area contributed by atoms with Gasteiger partial charge in [-0.1, -0.05) is 23.8 Å². The number of aromatic nitrogens is 3. The summed E-state index contributed by atoms with van der Waals surface area (Å²) in [7, 11) is 0. The van der Waals surface area contributed by atoms with Crippen LogP contribution in [-0.4, -0.2) is 57.4 Å². The second kappa shape index (κ2) is 7.05. The van der Waals surface area contributed by atoms with E-state index >= 15 is 0 Å². The lowest BCUT2D eigenvalue weighted by Gasteiger charge is -2.32. The molecule has 2 aliphatic rings. The summed E-state index contributed by atoms with van der Waals surface area (Å²) in [6.45, 7) is 4.71. The van der Waals surface area contributed by atoms with Crippen LogP contribution in [0.4, 0.5) is 5.13 Å². The van der Waals surface area contributed by atoms with Crippen LogP contribution in [0.3, 0.4) is 0 Å². The number of benzene rings is 1. The highest BCUT2D eigenvalue weighted by Crippen LogP contribution is 2.34. The quantitative estimate of drug-likeness (QED) is 0.749. The Morgan fingerprint density at radius 3 is 2.70 bits per heavy atom. The van der Waals surface area contributed by atoms with Crippen LogP contribution >= 0.6 is 11.3 Å². The molecule has 2 aromatic heterocycles. The van der Waals surface area contributed by atoms with Crippen molar-refractivity contribution in [3.8, 4) is 17.1 Å². The van der Waals surface area contributed by atoms with Crippen molar-refractivity contribution in [3.05, 3.63) is 30.3 Å². The largest absolute Gasteiger partial charge is 0.492 e. The SMILES string of the molecule is Oc1ccc(-c2ccc3nc(N4CCC(N5CCCCC5)C4)sc3c2)nn1. The lowest BCUT2D eigenvalue weighted by molar-refractivity contribution is 0.175. The van der Waals surface area contributed by atoms with Gasteiger partial charge in [-0.15, -0.1) is 10.2 Å². The number of hydrogen-bond acceptors (Lipinski definition) is 7. The third-order valence-electron chi connectivity index (χ3n) is 5.66. The summed E-state index contributed by atoms with van der Waals surface area (Å²) in [4.78, 5) is 10.0. The van der Waals surface area contributed by atoms with Crippen LogP contribution < -0.4 is 4.90 Å². The zero-order valence-electron chi connectivity index (χ0n) is 15.2. The maximum Gasteiger partial charge on any atom is 0.230 e. The molecular formula is C20H23N5OS. The second-order valence-electron chi connectivity index (χ2n) is 7.44. The molecule has 2 fully saturated rings. The highest BCUT2D eigenvalue weighted by molar-refractivity contribution is 7.22. The number of rotatable bonds is 3. The molecule has 2 saturated heterocycles. The number of likely N-dealkylation sites (tertiary alicyclic amines) is 1. The fourth-order valence-electron chi connectivity index (χ4n) is 4.18. The Morgan fingerprint density at radius 2 is 1.89 bits per heavy atom. The second-order valence-corrected chi connectivity index (χ2v) is 8.45. The normalized spacial score (nSPS) is 21.2. The van der Waals surface area contributed by atoms with E-state index in [-0.39, 0.29) is 5.88 Å². The zero-order valence-corrected chi connectivity index (χ0v) is 16.0. The Bertz CT molecular complexity index is 935. The summed E-state index contributed by atoms with van der Waals surface area (Å²) in [5, 5.41) is 18.3. The lowest BCUT2D eigenvalue weighted by Crippen LogP contribution is -2.40. The first kappa shape index (κ1) is 16.9. The number of thiazole rings is 1. The standard InChI is InChI=1S/C20H23N5OS/c26-19-7-6-16(22-23-19)14-4-5-17-18(12-14)27-20(21-17)25-11-8-15(13-25)24-9-2-1-3-10-24/h4-7,12,15H,1-3,8-11,13H2,(H,23,26). The smallest absolute Gasteiger partial charge is 0.230 e. The number of fused-ring (bicyclic) bond motifs is 1. The van der Waals surface area contributed by atoms with Gasteiger partial charge in [-0.3, -0.25) is 4.90 Å². The number of piperidine rings is 1. The fourth-order valence-corrected chi connectivity index (χ4v) is 5.22. The first-order chi connectivity index (χ1) is 13.3. The molecule has 0 bridgehead atoms. The Kier molecular flexibility index (Phi) is 4.41. The van der Waals surface area contributed by atoms with E-state index in [4.69, 9.17) is 4.98 Å². The maximum absolute atomic E-state index is 9.32. The minimum absolute atomic E-state index is 0.0582. The molecule has 0 radical (unpaired) electrons. The third kappa shape index (κ3) is 3.37. The van der Waals surface area contributed by atoms with E-state index in [1.807, 2.05) is 6.07 Å². The molecule has 4 heterocycles. The van der Waals surface area contributed by atoms with E-state index in [0.29, 0.717) is 6.04 Å². The van der Waals surface area contributed by atoms with Crippen LogP contribution in [0.25, 0.3) is 21.5 Å². The van der Waals surface area contributed by atoms with Crippen molar-refractivity contribution in [2.24, 2.45) is 0 Å². The van der Waals surface area contributed by atoms with E-state index in [0.717, 1.165) is 35.0 Å². The Hall–Kier alpha value is -2.25.